The van der Waals surface area contributed by atoms with Gasteiger partial charge in [0.25, 0.3) is 5.69 Å². The lowest BCUT2D eigenvalue weighted by molar-refractivity contribution is -0.384. The molecule has 2 aromatic carbocycles. The maximum atomic E-state index is 12.4. The fourth-order valence-electron chi connectivity index (χ4n) is 3.49. The van der Waals surface area contributed by atoms with Gasteiger partial charge in [-0.3, -0.25) is 10.1 Å². The second-order valence-electron chi connectivity index (χ2n) is 8.67. The minimum Gasteiger partial charge on any atom is -0.496 e. The molecule has 0 bridgehead atoms. The molecular formula is C26H23NO6. The van der Waals surface area contributed by atoms with Crippen molar-refractivity contribution in [2.24, 2.45) is 0 Å². The van der Waals surface area contributed by atoms with Gasteiger partial charge in [0, 0.05) is 11.6 Å². The summed E-state index contributed by atoms with van der Waals surface area (Å²) in [6, 6.07) is 15.6. The summed E-state index contributed by atoms with van der Waals surface area (Å²) in [5.41, 5.74) is 2.89. The van der Waals surface area contributed by atoms with Crippen LogP contribution in [0.3, 0.4) is 0 Å². The molecule has 1 aliphatic heterocycles. The summed E-state index contributed by atoms with van der Waals surface area (Å²) in [4.78, 5) is 22.9. The Balaban J connectivity index is 1.60. The van der Waals surface area contributed by atoms with Gasteiger partial charge in [0.15, 0.2) is 0 Å². The minimum atomic E-state index is -0.490. The molecule has 168 valence electrons. The van der Waals surface area contributed by atoms with Crippen LogP contribution in [-0.4, -0.2) is 18.0 Å². The molecule has 0 radical (unpaired) electrons. The first kappa shape index (κ1) is 22.1. The van der Waals surface area contributed by atoms with E-state index in [1.807, 2.05) is 24.3 Å². The smallest absolute Gasteiger partial charge is 0.343 e. The number of benzene rings is 2. The number of nitrogens with zero attached hydrogens (tertiary/aromatic N) is 1. The van der Waals surface area contributed by atoms with E-state index >= 15 is 0 Å². The van der Waals surface area contributed by atoms with Gasteiger partial charge in [0.05, 0.1) is 29.2 Å². The van der Waals surface area contributed by atoms with Crippen molar-refractivity contribution in [3.05, 3.63) is 93.2 Å². The number of methoxy groups -OCH3 is 1. The molecule has 7 heteroatoms. The number of carbonyl (C=O) groups excluding carboxylic acids is 1. The van der Waals surface area contributed by atoms with Crippen LogP contribution in [0.5, 0.6) is 5.75 Å². The lowest BCUT2D eigenvalue weighted by Crippen LogP contribution is -2.10. The second kappa shape index (κ2) is 8.43. The van der Waals surface area contributed by atoms with Crippen LogP contribution in [0.4, 0.5) is 5.69 Å². The summed E-state index contributed by atoms with van der Waals surface area (Å²) >= 11 is 0. The van der Waals surface area contributed by atoms with Crippen molar-refractivity contribution in [3.8, 4) is 17.1 Å². The average Bonchev–Trinajstić information content (AvgIpc) is 3.39. The van der Waals surface area contributed by atoms with Crippen molar-refractivity contribution >= 4 is 23.5 Å². The summed E-state index contributed by atoms with van der Waals surface area (Å²) in [5.74, 6) is 1.24. The van der Waals surface area contributed by atoms with E-state index in [9.17, 15) is 14.9 Å². The van der Waals surface area contributed by atoms with Crippen molar-refractivity contribution in [1.29, 1.82) is 0 Å². The van der Waals surface area contributed by atoms with Gasteiger partial charge in [-0.05, 0) is 41.3 Å². The Labute approximate surface area is 191 Å². The molecular weight excluding hydrogens is 422 g/mol. The highest BCUT2D eigenvalue weighted by atomic mass is 16.6. The van der Waals surface area contributed by atoms with Crippen molar-refractivity contribution in [3.63, 3.8) is 0 Å². The Hall–Kier alpha value is -4.13. The number of hydrogen-bond donors (Lipinski definition) is 0. The van der Waals surface area contributed by atoms with Crippen molar-refractivity contribution in [2.45, 2.75) is 26.2 Å². The lowest BCUT2D eigenvalue weighted by Gasteiger charge is -2.19. The molecule has 0 aliphatic carbocycles. The second-order valence-corrected chi connectivity index (χ2v) is 8.67. The van der Waals surface area contributed by atoms with Crippen molar-refractivity contribution in [1.82, 2.24) is 0 Å². The van der Waals surface area contributed by atoms with Gasteiger partial charge in [0.2, 0.25) is 0 Å². The zero-order valence-corrected chi connectivity index (χ0v) is 18.7. The molecule has 33 heavy (non-hydrogen) atoms. The molecule has 7 nitrogen and oxygen atoms in total. The fourth-order valence-corrected chi connectivity index (χ4v) is 3.49. The van der Waals surface area contributed by atoms with E-state index in [1.54, 1.807) is 30.4 Å². The van der Waals surface area contributed by atoms with Gasteiger partial charge in [-0.15, -0.1) is 0 Å². The summed E-state index contributed by atoms with van der Waals surface area (Å²) in [5, 5.41) is 11.0. The number of rotatable bonds is 5. The zero-order valence-electron chi connectivity index (χ0n) is 18.7. The molecule has 3 aromatic rings. The van der Waals surface area contributed by atoms with Crippen LogP contribution in [0.2, 0.25) is 0 Å². The Morgan fingerprint density at radius 1 is 1.03 bits per heavy atom. The third-order valence-electron chi connectivity index (χ3n) is 5.35. The van der Waals surface area contributed by atoms with Crippen LogP contribution in [0, 0.1) is 10.1 Å². The summed E-state index contributed by atoms with van der Waals surface area (Å²) < 4.78 is 16.6. The number of nitro benzene ring substituents is 1. The molecule has 0 spiro atoms. The third kappa shape index (κ3) is 4.57. The monoisotopic (exact) mass is 445 g/mol. The first-order chi connectivity index (χ1) is 15.7. The van der Waals surface area contributed by atoms with E-state index in [0.717, 1.165) is 5.56 Å². The van der Waals surface area contributed by atoms with E-state index < -0.39 is 10.9 Å². The minimum absolute atomic E-state index is 0.0354. The molecule has 0 unspecified atom stereocenters. The lowest BCUT2D eigenvalue weighted by atomic mass is 9.86. The highest BCUT2D eigenvalue weighted by Gasteiger charge is 2.23. The SMILES string of the molecule is COc1cc([N+](=O)[O-])ccc1-c1ccc(/C=C2/C=C(c3ccc(C(C)(C)C)cc3)OC2=O)o1. The molecule has 0 fully saturated rings. The predicted octanol–water partition coefficient (Wildman–Crippen LogP) is 6.14. The number of nitro groups is 1. The van der Waals surface area contributed by atoms with Gasteiger partial charge in [0.1, 0.15) is 23.0 Å². The number of hydrogen-bond acceptors (Lipinski definition) is 6. The quantitative estimate of drug-likeness (QED) is 0.203. The van der Waals surface area contributed by atoms with Gasteiger partial charge >= 0.3 is 5.97 Å². The van der Waals surface area contributed by atoms with Crippen molar-refractivity contribution < 1.29 is 23.6 Å². The highest BCUT2D eigenvalue weighted by Crippen LogP contribution is 2.35. The van der Waals surface area contributed by atoms with E-state index in [-0.39, 0.29) is 11.1 Å². The molecule has 0 N–H and O–H groups in total. The summed E-state index contributed by atoms with van der Waals surface area (Å²) in [6.07, 6.45) is 3.28. The molecule has 0 atom stereocenters. The first-order valence-electron chi connectivity index (χ1n) is 10.3. The van der Waals surface area contributed by atoms with E-state index in [4.69, 9.17) is 13.9 Å². The predicted molar refractivity (Wildman–Crippen MR) is 125 cm³/mol. The largest absolute Gasteiger partial charge is 0.496 e. The number of furan rings is 1. The average molecular weight is 445 g/mol. The van der Waals surface area contributed by atoms with Gasteiger partial charge in [-0.1, -0.05) is 45.0 Å². The number of non-ortho nitro benzene ring substituents is 1. The molecule has 0 amide bonds. The molecule has 1 aromatic heterocycles. The maximum Gasteiger partial charge on any atom is 0.343 e. The highest BCUT2D eigenvalue weighted by molar-refractivity contribution is 6.04. The van der Waals surface area contributed by atoms with Crippen LogP contribution in [0.1, 0.15) is 37.7 Å². The van der Waals surface area contributed by atoms with E-state index in [1.165, 1.54) is 24.8 Å². The Kier molecular flexibility index (Phi) is 5.64. The Morgan fingerprint density at radius 2 is 1.76 bits per heavy atom. The molecule has 2 heterocycles. The number of cyclic esters (lactones) is 1. The topological polar surface area (TPSA) is 91.8 Å². The maximum absolute atomic E-state index is 12.4. The van der Waals surface area contributed by atoms with Crippen LogP contribution in [-0.2, 0) is 14.9 Å². The van der Waals surface area contributed by atoms with Crippen LogP contribution in [0.25, 0.3) is 23.2 Å². The summed E-state index contributed by atoms with van der Waals surface area (Å²) in [6.45, 7) is 6.42. The Bertz CT molecular complexity index is 1290. The van der Waals surface area contributed by atoms with Crippen LogP contribution < -0.4 is 4.74 Å². The fraction of sp³-hybridized carbons (Fsp3) is 0.192. The molecule has 4 rings (SSSR count). The number of esters is 1. The molecule has 0 saturated heterocycles. The van der Waals surface area contributed by atoms with Crippen LogP contribution in [0.15, 0.2) is 70.7 Å². The first-order valence-corrected chi connectivity index (χ1v) is 10.3. The van der Waals surface area contributed by atoms with Gasteiger partial charge in [-0.2, -0.15) is 0 Å². The van der Waals surface area contributed by atoms with Gasteiger partial charge < -0.3 is 13.9 Å². The van der Waals surface area contributed by atoms with Crippen molar-refractivity contribution in [2.75, 3.05) is 7.11 Å². The molecule has 1 aliphatic rings. The zero-order chi connectivity index (χ0) is 23.8. The van der Waals surface area contributed by atoms with Gasteiger partial charge in [-0.25, -0.2) is 4.79 Å². The Morgan fingerprint density at radius 3 is 2.39 bits per heavy atom. The normalized spacial score (nSPS) is 14.8. The van der Waals surface area contributed by atoms with E-state index in [0.29, 0.717) is 34.2 Å². The summed E-state index contributed by atoms with van der Waals surface area (Å²) in [7, 11) is 1.43. The number of carbonyl (C=O) groups is 1. The number of ether oxygens (including phenoxy) is 2. The van der Waals surface area contributed by atoms with E-state index in [2.05, 4.69) is 20.8 Å². The standard InChI is InChI=1S/C26H23NO6/c1-26(2,3)18-7-5-16(6-8-18)23-14-17(25(28)33-23)13-20-10-12-22(32-20)21-11-9-19(27(29)30)15-24(21)31-4/h5-15H,1-4H3/b17-13-. The van der Waals surface area contributed by atoms with Crippen LogP contribution >= 0.6 is 0 Å². The molecule has 0 saturated carbocycles. The third-order valence-corrected chi connectivity index (χ3v) is 5.35.